The predicted molar refractivity (Wildman–Crippen MR) is 37.5 cm³/mol. The SMILES string of the molecule is CCc1s[c]cc1Cl. The van der Waals surface area contributed by atoms with Gasteiger partial charge in [-0.05, 0) is 12.5 Å². The Morgan fingerprint density at radius 3 is 2.88 bits per heavy atom. The summed E-state index contributed by atoms with van der Waals surface area (Å²) in [6, 6.07) is 1.81. The van der Waals surface area contributed by atoms with Gasteiger partial charge in [0.25, 0.3) is 0 Å². The normalized spacial score (nSPS) is 9.75. The van der Waals surface area contributed by atoms with Crippen molar-refractivity contribution in [2.75, 3.05) is 0 Å². The average molecular weight is 146 g/mol. The van der Waals surface area contributed by atoms with E-state index in [1.54, 1.807) is 11.3 Å². The van der Waals surface area contributed by atoms with E-state index in [1.165, 1.54) is 4.88 Å². The molecule has 8 heavy (non-hydrogen) atoms. The van der Waals surface area contributed by atoms with Crippen LogP contribution in [0.3, 0.4) is 0 Å². The van der Waals surface area contributed by atoms with Gasteiger partial charge < -0.3 is 0 Å². The van der Waals surface area contributed by atoms with Crippen LogP contribution in [-0.4, -0.2) is 0 Å². The minimum atomic E-state index is 0.859. The van der Waals surface area contributed by atoms with Crippen LogP contribution in [0.15, 0.2) is 6.07 Å². The Hall–Kier alpha value is -0.0100. The van der Waals surface area contributed by atoms with Crippen LogP contribution >= 0.6 is 22.9 Å². The molecule has 1 aromatic rings. The summed E-state index contributed by atoms with van der Waals surface area (Å²) in [5, 5.41) is 3.82. The summed E-state index contributed by atoms with van der Waals surface area (Å²) in [5.41, 5.74) is 0. The molecule has 1 radical (unpaired) electrons. The molecule has 0 fully saturated rings. The van der Waals surface area contributed by atoms with E-state index < -0.39 is 0 Å². The van der Waals surface area contributed by atoms with Crippen LogP contribution in [0.1, 0.15) is 11.8 Å². The van der Waals surface area contributed by atoms with Crippen molar-refractivity contribution in [1.82, 2.24) is 0 Å². The van der Waals surface area contributed by atoms with Gasteiger partial charge in [0.1, 0.15) is 0 Å². The molecule has 1 rings (SSSR count). The van der Waals surface area contributed by atoms with Crippen molar-refractivity contribution in [2.24, 2.45) is 0 Å². The van der Waals surface area contributed by atoms with Crippen molar-refractivity contribution in [1.29, 1.82) is 0 Å². The van der Waals surface area contributed by atoms with Crippen LogP contribution in [0.2, 0.25) is 5.02 Å². The van der Waals surface area contributed by atoms with E-state index in [9.17, 15) is 0 Å². The van der Waals surface area contributed by atoms with Gasteiger partial charge in [0.2, 0.25) is 0 Å². The molecule has 1 aromatic heterocycles. The quantitative estimate of drug-likeness (QED) is 0.570. The maximum Gasteiger partial charge on any atom is 0.0551 e. The van der Waals surface area contributed by atoms with E-state index in [1.807, 2.05) is 6.07 Å². The number of rotatable bonds is 1. The van der Waals surface area contributed by atoms with Gasteiger partial charge >= 0.3 is 0 Å². The fourth-order valence-corrected chi connectivity index (χ4v) is 1.51. The van der Waals surface area contributed by atoms with Gasteiger partial charge in [0.05, 0.1) is 5.02 Å². The van der Waals surface area contributed by atoms with Gasteiger partial charge in [-0.15, -0.1) is 11.3 Å². The molecule has 0 aromatic carbocycles. The highest BCUT2D eigenvalue weighted by molar-refractivity contribution is 7.10. The molecule has 0 N–H and O–H groups in total. The Bertz CT molecular complexity index is 169. The second kappa shape index (κ2) is 2.51. The Morgan fingerprint density at radius 1 is 1.88 bits per heavy atom. The molecule has 0 aliphatic carbocycles. The maximum atomic E-state index is 5.72. The van der Waals surface area contributed by atoms with E-state index in [0.717, 1.165) is 11.4 Å². The summed E-state index contributed by atoms with van der Waals surface area (Å²) >= 11 is 7.31. The second-order valence-electron chi connectivity index (χ2n) is 1.49. The van der Waals surface area contributed by atoms with Crippen molar-refractivity contribution < 1.29 is 0 Å². The van der Waals surface area contributed by atoms with Crippen LogP contribution in [0.25, 0.3) is 0 Å². The van der Waals surface area contributed by atoms with E-state index >= 15 is 0 Å². The first kappa shape index (κ1) is 6.12. The van der Waals surface area contributed by atoms with Gasteiger partial charge in [0.15, 0.2) is 0 Å². The average Bonchev–Trinajstić information content (AvgIpc) is 2.14. The molecule has 0 aliphatic rings. The maximum absolute atomic E-state index is 5.72. The smallest absolute Gasteiger partial charge is 0.0551 e. The minimum absolute atomic E-state index is 0.859. The molecular formula is C6H6ClS. The third kappa shape index (κ3) is 1.04. The molecule has 0 nitrogen and oxygen atoms in total. The van der Waals surface area contributed by atoms with Crippen LogP contribution in [-0.2, 0) is 6.42 Å². The van der Waals surface area contributed by atoms with Crippen LogP contribution in [0.4, 0.5) is 0 Å². The molecule has 0 aliphatic heterocycles. The van der Waals surface area contributed by atoms with Gasteiger partial charge in [-0.3, -0.25) is 0 Å². The van der Waals surface area contributed by atoms with Gasteiger partial charge in [0, 0.05) is 10.3 Å². The monoisotopic (exact) mass is 145 g/mol. The number of hydrogen-bond acceptors (Lipinski definition) is 1. The molecule has 0 bridgehead atoms. The summed E-state index contributed by atoms with van der Waals surface area (Å²) < 4.78 is 0. The standard InChI is InChI=1S/C6H6ClS/c1-2-6-5(7)3-4-8-6/h3H,2H2,1H3. The lowest BCUT2D eigenvalue weighted by molar-refractivity contribution is 1.19. The molecule has 1 heterocycles. The molecule has 43 valence electrons. The van der Waals surface area contributed by atoms with Crippen molar-refractivity contribution in [3.05, 3.63) is 21.3 Å². The van der Waals surface area contributed by atoms with Crippen molar-refractivity contribution in [3.63, 3.8) is 0 Å². The zero-order chi connectivity index (χ0) is 5.98. The van der Waals surface area contributed by atoms with Crippen molar-refractivity contribution in [2.45, 2.75) is 13.3 Å². The van der Waals surface area contributed by atoms with E-state index in [-0.39, 0.29) is 0 Å². The van der Waals surface area contributed by atoms with Crippen molar-refractivity contribution in [3.8, 4) is 0 Å². The number of halogens is 1. The third-order valence-corrected chi connectivity index (χ3v) is 2.40. The molecule has 0 amide bonds. The van der Waals surface area contributed by atoms with Crippen LogP contribution < -0.4 is 0 Å². The number of thiophene rings is 1. The first-order valence-corrected chi connectivity index (χ1v) is 3.68. The fraction of sp³-hybridized carbons (Fsp3) is 0.333. The Labute approximate surface area is 58.1 Å². The molecule has 2 heteroatoms. The first-order chi connectivity index (χ1) is 3.84. The highest BCUT2D eigenvalue weighted by atomic mass is 35.5. The zero-order valence-electron chi connectivity index (χ0n) is 4.57. The topological polar surface area (TPSA) is 0 Å². The lowest BCUT2D eigenvalue weighted by Gasteiger charge is -1.85. The van der Waals surface area contributed by atoms with Gasteiger partial charge in [-0.2, -0.15) is 0 Å². The molecule has 0 unspecified atom stereocenters. The summed E-state index contributed by atoms with van der Waals surface area (Å²) in [7, 11) is 0. The van der Waals surface area contributed by atoms with Gasteiger partial charge in [-0.25, -0.2) is 0 Å². The summed E-state index contributed by atoms with van der Waals surface area (Å²) in [5.74, 6) is 0. The fourth-order valence-electron chi connectivity index (χ4n) is 0.523. The summed E-state index contributed by atoms with van der Waals surface area (Å²) in [6.45, 7) is 2.09. The van der Waals surface area contributed by atoms with Crippen LogP contribution in [0.5, 0.6) is 0 Å². The molecule has 0 spiro atoms. The Morgan fingerprint density at radius 2 is 2.62 bits per heavy atom. The molecule has 0 saturated heterocycles. The minimum Gasteiger partial charge on any atom is -0.138 e. The number of aryl methyl sites for hydroxylation is 1. The third-order valence-electron chi connectivity index (χ3n) is 0.955. The summed E-state index contributed by atoms with van der Waals surface area (Å²) in [6.07, 6.45) is 1.02. The van der Waals surface area contributed by atoms with E-state index in [4.69, 9.17) is 11.6 Å². The lowest BCUT2D eigenvalue weighted by Crippen LogP contribution is -1.67. The lowest BCUT2D eigenvalue weighted by atomic mass is 10.4. The van der Waals surface area contributed by atoms with Crippen molar-refractivity contribution >= 4 is 22.9 Å². The first-order valence-electron chi connectivity index (χ1n) is 2.49. The van der Waals surface area contributed by atoms with E-state index in [2.05, 4.69) is 12.3 Å². The predicted octanol–water partition coefficient (Wildman–Crippen LogP) is 2.76. The number of hydrogen-bond donors (Lipinski definition) is 0. The van der Waals surface area contributed by atoms with Crippen LogP contribution in [0, 0.1) is 5.38 Å². The molecular weight excluding hydrogens is 140 g/mol. The Kier molecular flexibility index (Phi) is 1.92. The highest BCUT2D eigenvalue weighted by Gasteiger charge is 1.95. The highest BCUT2D eigenvalue weighted by Crippen LogP contribution is 2.20. The molecule has 0 atom stereocenters. The largest absolute Gasteiger partial charge is 0.138 e. The Balaban J connectivity index is 2.92. The summed E-state index contributed by atoms with van der Waals surface area (Å²) in [4.78, 5) is 1.23. The zero-order valence-corrected chi connectivity index (χ0v) is 6.14. The van der Waals surface area contributed by atoms with Gasteiger partial charge in [-0.1, -0.05) is 18.5 Å². The molecule has 0 saturated carbocycles. The second-order valence-corrected chi connectivity index (χ2v) is 2.83. The van der Waals surface area contributed by atoms with E-state index in [0.29, 0.717) is 0 Å².